The molecule has 1 amide bonds. The van der Waals surface area contributed by atoms with E-state index in [0.29, 0.717) is 5.69 Å². The number of para-hydroxylation sites is 1. The molecule has 0 aliphatic rings. The van der Waals surface area contributed by atoms with Gasteiger partial charge in [-0.25, -0.2) is 0 Å². The van der Waals surface area contributed by atoms with Gasteiger partial charge in [-0.15, -0.1) is 0 Å². The van der Waals surface area contributed by atoms with Crippen LogP contribution in [0.15, 0.2) is 36.6 Å². The maximum Gasteiger partial charge on any atom is 0.221 e. The van der Waals surface area contributed by atoms with Crippen molar-refractivity contribution >= 4 is 11.6 Å². The molecule has 0 saturated heterocycles. The molecule has 0 unspecified atom stereocenters. The number of allylic oxidation sites excluding steroid dienone is 1. The van der Waals surface area contributed by atoms with Crippen LogP contribution in [0.5, 0.6) is 0 Å². The number of carbonyl (C=O) groups excluding carboxylic acids is 1. The first-order chi connectivity index (χ1) is 7.74. The number of ether oxygens (including phenoxy) is 1. The van der Waals surface area contributed by atoms with Crippen LogP contribution in [0.4, 0.5) is 5.69 Å². The predicted octanol–water partition coefficient (Wildman–Crippen LogP) is 2.16. The minimum Gasteiger partial charge on any atom is -0.504 e. The first-order valence-electron chi connectivity index (χ1n) is 4.80. The third kappa shape index (κ3) is 3.89. The summed E-state index contributed by atoms with van der Waals surface area (Å²) in [5, 5.41) is 2.72. The third-order valence-electron chi connectivity index (χ3n) is 1.73. The van der Waals surface area contributed by atoms with Crippen LogP contribution >= 0.6 is 0 Å². The molecule has 0 spiro atoms. The summed E-state index contributed by atoms with van der Waals surface area (Å²) in [4.78, 5) is 10.9. The molecule has 0 radical (unpaired) electrons. The highest BCUT2D eigenvalue weighted by Crippen LogP contribution is 2.13. The van der Waals surface area contributed by atoms with Crippen LogP contribution in [0.1, 0.15) is 12.5 Å². The van der Waals surface area contributed by atoms with E-state index in [4.69, 9.17) is 4.74 Å². The maximum atomic E-state index is 10.9. The van der Waals surface area contributed by atoms with E-state index in [1.807, 2.05) is 24.3 Å². The molecule has 0 heterocycles. The maximum absolute atomic E-state index is 10.9. The van der Waals surface area contributed by atoms with E-state index in [2.05, 4.69) is 17.2 Å². The molecule has 0 saturated carbocycles. The molecule has 0 aromatic heterocycles. The van der Waals surface area contributed by atoms with Gasteiger partial charge in [0.25, 0.3) is 0 Å². The SMILES string of the molecule is CO/C=C/C#Cc1ccccc1NC(C)=O. The smallest absolute Gasteiger partial charge is 0.221 e. The monoisotopic (exact) mass is 215 g/mol. The van der Waals surface area contributed by atoms with Gasteiger partial charge in [0.05, 0.1) is 19.1 Å². The van der Waals surface area contributed by atoms with Crippen molar-refractivity contribution in [3.05, 3.63) is 42.2 Å². The van der Waals surface area contributed by atoms with Gasteiger partial charge in [0.2, 0.25) is 5.91 Å². The summed E-state index contributed by atoms with van der Waals surface area (Å²) in [7, 11) is 1.56. The van der Waals surface area contributed by atoms with Gasteiger partial charge >= 0.3 is 0 Å². The third-order valence-corrected chi connectivity index (χ3v) is 1.73. The Bertz CT molecular complexity index is 452. The molecule has 16 heavy (non-hydrogen) atoms. The van der Waals surface area contributed by atoms with Gasteiger partial charge in [-0.2, -0.15) is 0 Å². The molecule has 0 aliphatic heterocycles. The van der Waals surface area contributed by atoms with Gasteiger partial charge in [-0.1, -0.05) is 24.0 Å². The van der Waals surface area contributed by atoms with E-state index in [0.717, 1.165) is 5.56 Å². The number of hydrogen-bond donors (Lipinski definition) is 1. The Kier molecular flexibility index (Phi) is 4.68. The van der Waals surface area contributed by atoms with E-state index in [-0.39, 0.29) is 5.91 Å². The van der Waals surface area contributed by atoms with Crippen molar-refractivity contribution in [2.24, 2.45) is 0 Å². The molecule has 0 fully saturated rings. The minimum absolute atomic E-state index is 0.110. The van der Waals surface area contributed by atoms with Crippen LogP contribution in [0.25, 0.3) is 0 Å². The molecule has 1 N–H and O–H groups in total. The van der Waals surface area contributed by atoms with Crippen molar-refractivity contribution in [3.8, 4) is 11.8 Å². The molecule has 0 aliphatic carbocycles. The zero-order valence-corrected chi connectivity index (χ0v) is 9.28. The first kappa shape index (κ1) is 11.9. The Morgan fingerprint density at radius 1 is 1.44 bits per heavy atom. The molecule has 1 rings (SSSR count). The van der Waals surface area contributed by atoms with Crippen molar-refractivity contribution in [2.75, 3.05) is 12.4 Å². The Balaban J connectivity index is 2.89. The van der Waals surface area contributed by atoms with Gasteiger partial charge in [0.1, 0.15) is 0 Å². The number of amides is 1. The largest absolute Gasteiger partial charge is 0.504 e. The summed E-state index contributed by atoms with van der Waals surface area (Å²) >= 11 is 0. The number of benzene rings is 1. The quantitative estimate of drug-likeness (QED) is 0.606. The number of rotatable bonds is 2. The molecule has 3 heteroatoms. The summed E-state index contributed by atoms with van der Waals surface area (Å²) < 4.78 is 4.72. The summed E-state index contributed by atoms with van der Waals surface area (Å²) in [6, 6.07) is 7.38. The lowest BCUT2D eigenvalue weighted by molar-refractivity contribution is -0.114. The van der Waals surface area contributed by atoms with Crippen LogP contribution in [0, 0.1) is 11.8 Å². The lowest BCUT2D eigenvalue weighted by Crippen LogP contribution is -2.06. The fraction of sp³-hybridized carbons (Fsp3) is 0.154. The number of methoxy groups -OCH3 is 1. The summed E-state index contributed by atoms with van der Waals surface area (Å²) in [5.74, 6) is 5.62. The molecule has 82 valence electrons. The Morgan fingerprint density at radius 3 is 2.88 bits per heavy atom. The Labute approximate surface area is 95.1 Å². The van der Waals surface area contributed by atoms with Crippen molar-refractivity contribution < 1.29 is 9.53 Å². The molecule has 1 aromatic carbocycles. The Morgan fingerprint density at radius 2 is 2.19 bits per heavy atom. The average molecular weight is 215 g/mol. The Hall–Kier alpha value is -2.21. The first-order valence-corrected chi connectivity index (χ1v) is 4.80. The topological polar surface area (TPSA) is 38.3 Å². The standard InChI is InChI=1S/C13H13NO2/c1-11(15)14-13-9-4-3-7-12(13)8-5-6-10-16-2/h3-4,6-7,9-10H,1-2H3,(H,14,15)/b10-6+. The van der Waals surface area contributed by atoms with Gasteiger partial charge in [0, 0.05) is 18.6 Å². The fourth-order valence-electron chi connectivity index (χ4n) is 1.11. The van der Waals surface area contributed by atoms with Crippen LogP contribution in [-0.4, -0.2) is 13.0 Å². The van der Waals surface area contributed by atoms with Gasteiger partial charge < -0.3 is 10.1 Å². The molecular formula is C13H13NO2. The average Bonchev–Trinajstić information content (AvgIpc) is 2.26. The minimum atomic E-state index is -0.110. The number of hydrogen-bond acceptors (Lipinski definition) is 2. The van der Waals surface area contributed by atoms with Gasteiger partial charge in [-0.05, 0) is 12.1 Å². The summed E-state index contributed by atoms with van der Waals surface area (Å²) in [6.45, 7) is 1.47. The lowest BCUT2D eigenvalue weighted by atomic mass is 10.2. The van der Waals surface area contributed by atoms with Crippen LogP contribution in [-0.2, 0) is 9.53 Å². The highest BCUT2D eigenvalue weighted by atomic mass is 16.5. The van der Waals surface area contributed by atoms with E-state index in [9.17, 15) is 4.79 Å². The number of nitrogens with one attached hydrogen (secondary N) is 1. The molecular weight excluding hydrogens is 202 g/mol. The molecule has 0 bridgehead atoms. The van der Waals surface area contributed by atoms with E-state index >= 15 is 0 Å². The van der Waals surface area contributed by atoms with Crippen molar-refractivity contribution in [2.45, 2.75) is 6.92 Å². The predicted molar refractivity (Wildman–Crippen MR) is 63.8 cm³/mol. The van der Waals surface area contributed by atoms with E-state index in [1.54, 1.807) is 13.2 Å². The lowest BCUT2D eigenvalue weighted by Gasteiger charge is -2.03. The van der Waals surface area contributed by atoms with Crippen LogP contribution < -0.4 is 5.32 Å². The zero-order chi connectivity index (χ0) is 11.8. The van der Waals surface area contributed by atoms with Crippen LogP contribution in [0.3, 0.4) is 0 Å². The van der Waals surface area contributed by atoms with Crippen molar-refractivity contribution in [3.63, 3.8) is 0 Å². The molecule has 1 aromatic rings. The second kappa shape index (κ2) is 6.31. The number of carbonyl (C=O) groups is 1. The molecule has 3 nitrogen and oxygen atoms in total. The van der Waals surface area contributed by atoms with Crippen molar-refractivity contribution in [1.29, 1.82) is 0 Å². The summed E-state index contributed by atoms with van der Waals surface area (Å²) in [6.07, 6.45) is 3.10. The van der Waals surface area contributed by atoms with E-state index < -0.39 is 0 Å². The fourth-order valence-corrected chi connectivity index (χ4v) is 1.11. The highest BCUT2D eigenvalue weighted by Gasteiger charge is 1.99. The summed E-state index contributed by atoms with van der Waals surface area (Å²) in [5.41, 5.74) is 1.49. The number of anilines is 1. The van der Waals surface area contributed by atoms with E-state index in [1.165, 1.54) is 13.2 Å². The second-order valence-electron chi connectivity index (χ2n) is 3.03. The highest BCUT2D eigenvalue weighted by molar-refractivity contribution is 5.90. The normalized spacial score (nSPS) is 9.38. The van der Waals surface area contributed by atoms with Gasteiger partial charge in [0.15, 0.2) is 0 Å². The van der Waals surface area contributed by atoms with Crippen LogP contribution in [0.2, 0.25) is 0 Å². The van der Waals surface area contributed by atoms with Crippen molar-refractivity contribution in [1.82, 2.24) is 0 Å². The second-order valence-corrected chi connectivity index (χ2v) is 3.03. The van der Waals surface area contributed by atoms with Gasteiger partial charge in [-0.3, -0.25) is 4.79 Å². The zero-order valence-electron chi connectivity index (χ0n) is 9.28. The molecule has 0 atom stereocenters.